The zero-order chi connectivity index (χ0) is 20.5. The lowest BCUT2D eigenvalue weighted by molar-refractivity contribution is 0.0787. The Morgan fingerprint density at radius 1 is 1.23 bits per heavy atom. The summed E-state index contributed by atoms with van der Waals surface area (Å²) in [6.07, 6.45) is 2.73. The smallest absolute Gasteiger partial charge is 0.253 e. The van der Waals surface area contributed by atoms with Gasteiger partial charge < -0.3 is 14.2 Å². The second-order valence-electron chi connectivity index (χ2n) is 7.43. The quantitative estimate of drug-likeness (QED) is 0.508. The second kappa shape index (κ2) is 7.72. The van der Waals surface area contributed by atoms with Crippen LogP contribution < -0.4 is 0 Å². The Morgan fingerprint density at radius 2 is 2.10 bits per heavy atom. The molecule has 1 aliphatic heterocycles. The van der Waals surface area contributed by atoms with Crippen LogP contribution in [-0.4, -0.2) is 51.2 Å². The predicted molar refractivity (Wildman–Crippen MR) is 110 cm³/mol. The average molecular weight is 403 g/mol. The minimum Gasteiger partial charge on any atom is -0.378 e. The predicted octanol–water partition coefficient (Wildman–Crippen LogP) is 3.32. The van der Waals surface area contributed by atoms with Gasteiger partial charge in [0.05, 0.1) is 24.2 Å². The number of likely N-dealkylation sites (tertiary alicyclic amines) is 1. The summed E-state index contributed by atoms with van der Waals surface area (Å²) in [7, 11) is 1.63. The van der Waals surface area contributed by atoms with Gasteiger partial charge in [0.25, 0.3) is 5.91 Å². The van der Waals surface area contributed by atoms with Crippen LogP contribution in [0, 0.1) is 0 Å². The highest BCUT2D eigenvalue weighted by Crippen LogP contribution is 2.30. The van der Waals surface area contributed by atoms with Crippen molar-refractivity contribution in [2.24, 2.45) is 0 Å². The van der Waals surface area contributed by atoms with Crippen LogP contribution >= 0.6 is 0 Å². The van der Waals surface area contributed by atoms with Crippen molar-refractivity contribution in [3.63, 3.8) is 0 Å². The van der Waals surface area contributed by atoms with Crippen molar-refractivity contribution in [3.8, 4) is 11.3 Å². The molecule has 0 bridgehead atoms. The molecule has 1 fully saturated rings. The molecule has 8 nitrogen and oxygen atoms in total. The average Bonchev–Trinajstić information content (AvgIpc) is 3.53. The lowest BCUT2D eigenvalue weighted by Gasteiger charge is -2.16. The molecular weight excluding hydrogens is 382 g/mol. The zero-order valence-electron chi connectivity index (χ0n) is 16.6. The molecule has 2 aromatic heterocycles. The van der Waals surface area contributed by atoms with E-state index in [0.717, 1.165) is 28.6 Å². The van der Waals surface area contributed by atoms with Gasteiger partial charge in [-0.2, -0.15) is 0 Å². The van der Waals surface area contributed by atoms with E-state index in [2.05, 4.69) is 15.5 Å². The summed E-state index contributed by atoms with van der Waals surface area (Å²) >= 11 is 0. The summed E-state index contributed by atoms with van der Waals surface area (Å²) in [6.45, 7) is 1.70. The molecule has 0 saturated carbocycles. The third kappa shape index (κ3) is 3.35. The molecule has 30 heavy (non-hydrogen) atoms. The van der Waals surface area contributed by atoms with Crippen molar-refractivity contribution in [1.82, 2.24) is 25.1 Å². The molecule has 1 saturated heterocycles. The number of carbonyl (C=O) groups excluding carboxylic acids is 1. The van der Waals surface area contributed by atoms with Crippen molar-refractivity contribution < 1.29 is 14.1 Å². The van der Waals surface area contributed by atoms with E-state index in [4.69, 9.17) is 9.26 Å². The first kappa shape index (κ1) is 18.5. The third-order valence-corrected chi connectivity index (χ3v) is 5.43. The van der Waals surface area contributed by atoms with E-state index in [1.807, 2.05) is 58.2 Å². The summed E-state index contributed by atoms with van der Waals surface area (Å²) in [5, 5.41) is 13.3. The highest BCUT2D eigenvalue weighted by Gasteiger charge is 2.29. The van der Waals surface area contributed by atoms with Crippen molar-refractivity contribution in [2.75, 3.05) is 20.2 Å². The van der Waals surface area contributed by atoms with Gasteiger partial charge in [-0.1, -0.05) is 40.7 Å². The molecule has 8 heteroatoms. The fraction of sp³-hybridized carbons (Fsp3) is 0.273. The van der Waals surface area contributed by atoms with Gasteiger partial charge in [0.15, 0.2) is 5.76 Å². The van der Waals surface area contributed by atoms with Crippen molar-refractivity contribution in [1.29, 1.82) is 0 Å². The zero-order valence-corrected chi connectivity index (χ0v) is 16.6. The minimum atomic E-state index is -0.00292. The van der Waals surface area contributed by atoms with Crippen molar-refractivity contribution >= 4 is 16.8 Å². The molecule has 0 unspecified atom stereocenters. The summed E-state index contributed by atoms with van der Waals surface area (Å²) in [5.74, 6) is 0.671. The fourth-order valence-electron chi connectivity index (χ4n) is 3.90. The first-order valence-corrected chi connectivity index (χ1v) is 9.86. The largest absolute Gasteiger partial charge is 0.378 e. The van der Waals surface area contributed by atoms with Crippen LogP contribution in [0.2, 0.25) is 0 Å². The van der Waals surface area contributed by atoms with E-state index in [0.29, 0.717) is 31.0 Å². The Labute approximate surface area is 173 Å². The molecular formula is C22H21N5O3. The van der Waals surface area contributed by atoms with Gasteiger partial charge in [0.2, 0.25) is 0 Å². The van der Waals surface area contributed by atoms with E-state index in [-0.39, 0.29) is 11.9 Å². The van der Waals surface area contributed by atoms with Crippen LogP contribution in [-0.2, 0) is 11.3 Å². The molecule has 2 aromatic carbocycles. The maximum atomic E-state index is 13.2. The topological polar surface area (TPSA) is 86.3 Å². The number of methoxy groups -OCH3 is 1. The number of rotatable bonds is 5. The highest BCUT2D eigenvalue weighted by atomic mass is 16.5. The number of hydrogen-bond acceptors (Lipinski definition) is 6. The first-order valence-electron chi connectivity index (χ1n) is 9.86. The van der Waals surface area contributed by atoms with Gasteiger partial charge in [-0.3, -0.25) is 4.79 Å². The van der Waals surface area contributed by atoms with E-state index in [1.165, 1.54) is 0 Å². The van der Waals surface area contributed by atoms with Crippen LogP contribution in [0.5, 0.6) is 0 Å². The summed E-state index contributed by atoms with van der Waals surface area (Å²) in [6, 6.07) is 15.4. The Hall–Kier alpha value is -3.52. The van der Waals surface area contributed by atoms with E-state index >= 15 is 0 Å². The molecule has 0 radical (unpaired) electrons. The van der Waals surface area contributed by atoms with Gasteiger partial charge in [0.1, 0.15) is 11.2 Å². The van der Waals surface area contributed by atoms with Crippen LogP contribution in [0.3, 0.4) is 0 Å². The van der Waals surface area contributed by atoms with Crippen molar-refractivity contribution in [2.45, 2.75) is 19.1 Å². The lowest BCUT2D eigenvalue weighted by atomic mass is 10.1. The number of fused-ring (bicyclic) bond motifs is 1. The summed E-state index contributed by atoms with van der Waals surface area (Å²) < 4.78 is 12.5. The Kier molecular flexibility index (Phi) is 4.76. The second-order valence-corrected chi connectivity index (χ2v) is 7.43. The number of aromatic nitrogens is 4. The molecule has 0 aliphatic carbocycles. The summed E-state index contributed by atoms with van der Waals surface area (Å²) in [4.78, 5) is 15.0. The fourth-order valence-corrected chi connectivity index (χ4v) is 3.90. The van der Waals surface area contributed by atoms with Crippen LogP contribution in [0.15, 0.2) is 59.3 Å². The number of ether oxygens (including phenoxy) is 1. The lowest BCUT2D eigenvalue weighted by Crippen LogP contribution is -2.29. The third-order valence-electron chi connectivity index (χ3n) is 5.43. The maximum absolute atomic E-state index is 13.2. The standard InChI is InChI=1S/C22H21N5O3/c1-29-14-17-12-27(25-23-17)18-9-10-26(13-18)22(28)16-7-8-20-19(11-16)21(30-24-20)15-5-3-2-4-6-15/h2-8,11-12,18H,9-10,13-14H2,1H3/t18-/m1/s1. The summed E-state index contributed by atoms with van der Waals surface area (Å²) in [5.41, 5.74) is 3.08. The van der Waals surface area contributed by atoms with E-state index in [1.54, 1.807) is 13.2 Å². The Morgan fingerprint density at radius 3 is 2.93 bits per heavy atom. The molecule has 0 spiro atoms. The molecule has 0 N–H and O–H groups in total. The van der Waals surface area contributed by atoms with Gasteiger partial charge in [-0.15, -0.1) is 5.10 Å². The Balaban J connectivity index is 1.37. The molecule has 1 aliphatic rings. The number of amides is 1. The van der Waals surface area contributed by atoms with Gasteiger partial charge in [0, 0.05) is 31.3 Å². The van der Waals surface area contributed by atoms with Gasteiger partial charge >= 0.3 is 0 Å². The number of carbonyl (C=O) groups is 1. The molecule has 152 valence electrons. The first-order chi connectivity index (χ1) is 14.7. The SMILES string of the molecule is COCc1cn([C@@H]2CCN(C(=O)c3ccc4noc(-c5ccccc5)c4c3)C2)nn1. The van der Waals surface area contributed by atoms with Gasteiger partial charge in [-0.05, 0) is 24.6 Å². The van der Waals surface area contributed by atoms with Crippen molar-refractivity contribution in [3.05, 3.63) is 66.0 Å². The van der Waals surface area contributed by atoms with Crippen LogP contribution in [0.25, 0.3) is 22.2 Å². The molecule has 3 heterocycles. The number of nitrogens with zero attached hydrogens (tertiary/aromatic N) is 5. The number of hydrogen-bond donors (Lipinski definition) is 0. The van der Waals surface area contributed by atoms with Crippen LogP contribution in [0.1, 0.15) is 28.5 Å². The minimum absolute atomic E-state index is 0.00292. The molecule has 1 atom stereocenters. The molecule has 4 aromatic rings. The highest BCUT2D eigenvalue weighted by molar-refractivity contribution is 6.01. The monoisotopic (exact) mass is 403 g/mol. The maximum Gasteiger partial charge on any atom is 0.253 e. The molecule has 1 amide bonds. The Bertz CT molecular complexity index is 1180. The van der Waals surface area contributed by atoms with Gasteiger partial charge in [-0.25, -0.2) is 4.68 Å². The van der Waals surface area contributed by atoms with E-state index < -0.39 is 0 Å². The number of benzene rings is 2. The molecule has 5 rings (SSSR count). The normalized spacial score (nSPS) is 16.4. The van der Waals surface area contributed by atoms with E-state index in [9.17, 15) is 4.79 Å². The van der Waals surface area contributed by atoms with Crippen LogP contribution in [0.4, 0.5) is 0 Å².